The lowest BCUT2D eigenvalue weighted by Gasteiger charge is -2.51. The number of morpholine rings is 1. The molecule has 2 aliphatic rings. The summed E-state index contributed by atoms with van der Waals surface area (Å²) in [5.74, 6) is 0. The summed E-state index contributed by atoms with van der Waals surface area (Å²) in [7, 11) is 1.87. The van der Waals surface area contributed by atoms with E-state index in [-0.39, 0.29) is 5.72 Å². The van der Waals surface area contributed by atoms with E-state index in [4.69, 9.17) is 9.47 Å². The smallest absolute Gasteiger partial charge is 0.121 e. The van der Waals surface area contributed by atoms with E-state index >= 15 is 0 Å². The van der Waals surface area contributed by atoms with E-state index in [9.17, 15) is 0 Å². The van der Waals surface area contributed by atoms with Crippen LogP contribution >= 0.6 is 0 Å². The molecule has 1 heterocycles. The molecule has 0 aromatic heterocycles. The Morgan fingerprint density at radius 3 is 2.38 bits per heavy atom. The minimum Gasteiger partial charge on any atom is -0.379 e. The van der Waals surface area contributed by atoms with Crippen LogP contribution in [0.4, 0.5) is 0 Å². The van der Waals surface area contributed by atoms with Crippen molar-refractivity contribution in [2.75, 3.05) is 33.4 Å². The molecule has 16 heavy (non-hydrogen) atoms. The number of ether oxygens (including phenoxy) is 2. The second-order valence-electron chi connectivity index (χ2n) is 5.94. The van der Waals surface area contributed by atoms with Crippen LogP contribution in [0.25, 0.3) is 0 Å². The monoisotopic (exact) mass is 227 g/mol. The molecule has 3 heteroatoms. The predicted molar refractivity (Wildman–Crippen MR) is 64.4 cm³/mol. The van der Waals surface area contributed by atoms with Crippen LogP contribution < -0.4 is 0 Å². The first-order valence-corrected chi connectivity index (χ1v) is 6.46. The van der Waals surface area contributed by atoms with E-state index in [1.54, 1.807) is 0 Å². The van der Waals surface area contributed by atoms with Gasteiger partial charge >= 0.3 is 0 Å². The summed E-state index contributed by atoms with van der Waals surface area (Å²) in [6.45, 7) is 8.46. The summed E-state index contributed by atoms with van der Waals surface area (Å²) in [5, 5.41) is 0. The zero-order valence-corrected chi connectivity index (χ0v) is 10.9. The molecular formula is C13H25NO2. The van der Waals surface area contributed by atoms with Gasteiger partial charge in [0.05, 0.1) is 13.2 Å². The molecule has 0 N–H and O–H groups in total. The summed E-state index contributed by atoms with van der Waals surface area (Å²) in [5.41, 5.74) is 0.387. The van der Waals surface area contributed by atoms with E-state index in [0.29, 0.717) is 5.41 Å². The van der Waals surface area contributed by atoms with Gasteiger partial charge in [-0.25, -0.2) is 0 Å². The zero-order chi connectivity index (χ0) is 11.6. The molecule has 94 valence electrons. The first kappa shape index (κ1) is 12.3. The van der Waals surface area contributed by atoms with Gasteiger partial charge in [-0.15, -0.1) is 0 Å². The lowest BCUT2D eigenvalue weighted by atomic mass is 9.72. The lowest BCUT2D eigenvalue weighted by molar-refractivity contribution is -0.196. The fourth-order valence-electron chi connectivity index (χ4n) is 3.31. The molecule has 0 spiro atoms. The number of nitrogens with zero attached hydrogens (tertiary/aromatic N) is 1. The third-order valence-corrected chi connectivity index (χ3v) is 4.14. The topological polar surface area (TPSA) is 21.7 Å². The van der Waals surface area contributed by atoms with Crippen molar-refractivity contribution in [1.29, 1.82) is 0 Å². The van der Waals surface area contributed by atoms with Crippen molar-refractivity contribution in [3.8, 4) is 0 Å². The van der Waals surface area contributed by atoms with Gasteiger partial charge in [-0.1, -0.05) is 13.8 Å². The SMILES string of the molecule is COC1(N2CCOCC2)CCCC(C)(C)C1. The zero-order valence-electron chi connectivity index (χ0n) is 10.9. The quantitative estimate of drug-likeness (QED) is 0.722. The molecule has 1 aliphatic heterocycles. The molecule has 0 amide bonds. The van der Waals surface area contributed by atoms with Crippen molar-refractivity contribution in [1.82, 2.24) is 4.90 Å². The van der Waals surface area contributed by atoms with Crippen LogP contribution in [0.1, 0.15) is 39.5 Å². The van der Waals surface area contributed by atoms with Crippen molar-refractivity contribution >= 4 is 0 Å². The van der Waals surface area contributed by atoms with Crippen LogP contribution in [0, 0.1) is 5.41 Å². The number of methoxy groups -OCH3 is 1. The molecule has 1 aliphatic carbocycles. The molecule has 0 bridgehead atoms. The van der Waals surface area contributed by atoms with Crippen LogP contribution in [0.15, 0.2) is 0 Å². The molecule has 2 fully saturated rings. The van der Waals surface area contributed by atoms with Crippen molar-refractivity contribution in [2.45, 2.75) is 45.3 Å². The Labute approximate surface area is 99.1 Å². The Kier molecular flexibility index (Phi) is 3.57. The van der Waals surface area contributed by atoms with E-state index < -0.39 is 0 Å². The van der Waals surface area contributed by atoms with Gasteiger partial charge in [0, 0.05) is 20.2 Å². The van der Waals surface area contributed by atoms with Crippen LogP contribution in [-0.2, 0) is 9.47 Å². The van der Waals surface area contributed by atoms with Gasteiger partial charge in [0.25, 0.3) is 0 Å². The molecule has 0 aromatic carbocycles. The molecule has 1 atom stereocenters. The standard InChI is InChI=1S/C13H25NO2/c1-12(2)5-4-6-13(11-12,15-3)14-7-9-16-10-8-14/h4-11H2,1-3H3. The molecule has 1 saturated carbocycles. The molecule has 2 rings (SSSR count). The maximum Gasteiger partial charge on any atom is 0.121 e. The maximum atomic E-state index is 5.92. The summed E-state index contributed by atoms with van der Waals surface area (Å²) in [6.07, 6.45) is 4.92. The Hall–Kier alpha value is -0.120. The molecule has 1 saturated heterocycles. The number of hydrogen-bond donors (Lipinski definition) is 0. The minimum absolute atomic E-state index is 0.0223. The van der Waals surface area contributed by atoms with Crippen LogP contribution in [0.2, 0.25) is 0 Å². The van der Waals surface area contributed by atoms with Gasteiger partial charge in [-0.05, 0) is 31.1 Å². The maximum absolute atomic E-state index is 5.92. The molecular weight excluding hydrogens is 202 g/mol. The second kappa shape index (κ2) is 4.63. The predicted octanol–water partition coefficient (Wildman–Crippen LogP) is 2.26. The molecule has 0 aromatic rings. The van der Waals surface area contributed by atoms with Gasteiger partial charge in [0.2, 0.25) is 0 Å². The highest BCUT2D eigenvalue weighted by molar-refractivity contribution is 4.92. The van der Waals surface area contributed by atoms with Crippen molar-refractivity contribution in [3.63, 3.8) is 0 Å². The summed E-state index contributed by atoms with van der Waals surface area (Å²) in [4.78, 5) is 2.50. The fourth-order valence-corrected chi connectivity index (χ4v) is 3.31. The Bertz CT molecular complexity index is 236. The van der Waals surface area contributed by atoms with Crippen LogP contribution in [0.5, 0.6) is 0 Å². The number of hydrogen-bond acceptors (Lipinski definition) is 3. The van der Waals surface area contributed by atoms with Gasteiger partial charge in [-0.2, -0.15) is 0 Å². The number of rotatable bonds is 2. The minimum atomic E-state index is -0.0223. The molecule has 3 nitrogen and oxygen atoms in total. The first-order valence-electron chi connectivity index (χ1n) is 6.46. The average Bonchev–Trinajstić information content (AvgIpc) is 2.29. The molecule has 1 unspecified atom stereocenters. The highest BCUT2D eigenvalue weighted by Crippen LogP contribution is 2.44. The largest absolute Gasteiger partial charge is 0.379 e. The van der Waals surface area contributed by atoms with Crippen molar-refractivity contribution in [3.05, 3.63) is 0 Å². The fraction of sp³-hybridized carbons (Fsp3) is 1.00. The van der Waals surface area contributed by atoms with Crippen LogP contribution in [0.3, 0.4) is 0 Å². The van der Waals surface area contributed by atoms with E-state index in [1.807, 2.05) is 7.11 Å². The third kappa shape index (κ3) is 2.41. The second-order valence-corrected chi connectivity index (χ2v) is 5.94. The van der Waals surface area contributed by atoms with Gasteiger partial charge in [-0.3, -0.25) is 4.90 Å². The first-order chi connectivity index (χ1) is 7.58. The average molecular weight is 227 g/mol. The Morgan fingerprint density at radius 2 is 1.81 bits per heavy atom. The van der Waals surface area contributed by atoms with Crippen molar-refractivity contribution in [2.24, 2.45) is 5.41 Å². The van der Waals surface area contributed by atoms with E-state index in [0.717, 1.165) is 32.7 Å². The Balaban J connectivity index is 2.10. The summed E-state index contributed by atoms with van der Waals surface area (Å²) < 4.78 is 11.4. The normalized spacial score (nSPS) is 36.2. The highest BCUT2D eigenvalue weighted by Gasteiger charge is 2.44. The van der Waals surface area contributed by atoms with Gasteiger partial charge < -0.3 is 9.47 Å². The van der Waals surface area contributed by atoms with Gasteiger partial charge in [0.1, 0.15) is 5.72 Å². The van der Waals surface area contributed by atoms with Crippen LogP contribution in [-0.4, -0.2) is 44.0 Å². The van der Waals surface area contributed by atoms with E-state index in [2.05, 4.69) is 18.7 Å². The third-order valence-electron chi connectivity index (χ3n) is 4.14. The Morgan fingerprint density at radius 1 is 1.12 bits per heavy atom. The highest BCUT2D eigenvalue weighted by atomic mass is 16.5. The summed E-state index contributed by atoms with van der Waals surface area (Å²) >= 11 is 0. The molecule has 0 radical (unpaired) electrons. The van der Waals surface area contributed by atoms with Gasteiger partial charge in [0.15, 0.2) is 0 Å². The summed E-state index contributed by atoms with van der Waals surface area (Å²) in [6, 6.07) is 0. The van der Waals surface area contributed by atoms with Crippen molar-refractivity contribution < 1.29 is 9.47 Å². The lowest BCUT2D eigenvalue weighted by Crippen LogP contribution is -2.57. The van der Waals surface area contributed by atoms with E-state index in [1.165, 1.54) is 19.3 Å².